The third kappa shape index (κ3) is 4.40. The Morgan fingerprint density at radius 2 is 1.68 bits per heavy atom. The standard InChI is InChI=1S/C29H33N3O2/c1-21-15-22(2)17-23(16-21)19-31-13-11-29(12-14-31)20-32(27-10-9-25(34-3)18-26(27)29)28(33)30-24-7-5-4-6-8-24/h4-10,15-18H,11-14,19-20H2,1-3H3,(H,30,33). The first kappa shape index (κ1) is 22.5. The molecule has 1 saturated heterocycles. The second kappa shape index (κ2) is 9.15. The molecule has 0 aliphatic carbocycles. The van der Waals surface area contributed by atoms with Crippen LogP contribution in [0.3, 0.4) is 0 Å². The number of urea groups is 1. The number of rotatable bonds is 4. The molecule has 1 fully saturated rings. The van der Waals surface area contributed by atoms with Crippen LogP contribution < -0.4 is 15.0 Å². The van der Waals surface area contributed by atoms with Crippen LogP contribution in [0.2, 0.25) is 0 Å². The molecule has 1 N–H and O–H groups in total. The molecule has 3 aromatic carbocycles. The van der Waals surface area contributed by atoms with Gasteiger partial charge in [0.1, 0.15) is 5.75 Å². The molecule has 2 amide bonds. The molecular formula is C29H33N3O2. The maximum Gasteiger partial charge on any atom is 0.326 e. The molecule has 0 radical (unpaired) electrons. The quantitative estimate of drug-likeness (QED) is 0.533. The number of likely N-dealkylation sites (tertiary alicyclic amines) is 1. The van der Waals surface area contributed by atoms with Gasteiger partial charge in [-0.05, 0) is 81.2 Å². The Morgan fingerprint density at radius 1 is 0.971 bits per heavy atom. The molecule has 1 spiro atoms. The Morgan fingerprint density at radius 3 is 2.35 bits per heavy atom. The van der Waals surface area contributed by atoms with Crippen LogP contribution in [0, 0.1) is 13.8 Å². The number of carbonyl (C=O) groups excluding carboxylic acids is 1. The highest BCUT2D eigenvalue weighted by Crippen LogP contribution is 2.48. The van der Waals surface area contributed by atoms with Crippen molar-refractivity contribution in [2.75, 3.05) is 37.0 Å². The Kier molecular flexibility index (Phi) is 6.05. The molecular weight excluding hydrogens is 422 g/mol. The lowest BCUT2D eigenvalue weighted by molar-refractivity contribution is 0.160. The monoisotopic (exact) mass is 455 g/mol. The first-order valence-electron chi connectivity index (χ1n) is 12.1. The van der Waals surface area contributed by atoms with E-state index in [0.717, 1.165) is 49.6 Å². The van der Waals surface area contributed by atoms with Crippen molar-refractivity contribution in [3.05, 3.63) is 89.0 Å². The van der Waals surface area contributed by atoms with Crippen molar-refractivity contribution < 1.29 is 9.53 Å². The minimum absolute atomic E-state index is 0.0447. The molecule has 34 heavy (non-hydrogen) atoms. The average molecular weight is 456 g/mol. The van der Waals surface area contributed by atoms with Crippen LogP contribution in [0.25, 0.3) is 0 Å². The number of para-hydroxylation sites is 1. The fraction of sp³-hybridized carbons (Fsp3) is 0.345. The van der Waals surface area contributed by atoms with E-state index in [1.165, 1.54) is 22.3 Å². The number of anilines is 2. The molecule has 5 rings (SSSR count). The van der Waals surface area contributed by atoms with Gasteiger partial charge in [-0.2, -0.15) is 0 Å². The highest BCUT2D eigenvalue weighted by Gasteiger charge is 2.46. The van der Waals surface area contributed by atoms with E-state index in [1.54, 1.807) is 7.11 Å². The summed E-state index contributed by atoms with van der Waals surface area (Å²) in [6.07, 6.45) is 2.04. The van der Waals surface area contributed by atoms with Crippen LogP contribution in [0.1, 0.15) is 35.1 Å². The topological polar surface area (TPSA) is 44.8 Å². The van der Waals surface area contributed by atoms with E-state index in [-0.39, 0.29) is 11.4 Å². The zero-order valence-corrected chi connectivity index (χ0v) is 20.3. The SMILES string of the molecule is COc1ccc2c(c1)C1(CCN(Cc3cc(C)cc(C)c3)CC1)CN2C(=O)Nc1ccccc1. The molecule has 0 aromatic heterocycles. The molecule has 2 aliphatic heterocycles. The molecule has 0 saturated carbocycles. The zero-order chi connectivity index (χ0) is 23.7. The number of hydrogen-bond donors (Lipinski definition) is 1. The second-order valence-corrected chi connectivity index (χ2v) is 9.82. The fourth-order valence-corrected chi connectivity index (χ4v) is 5.65. The third-order valence-electron chi connectivity index (χ3n) is 7.30. The predicted octanol–water partition coefficient (Wildman–Crippen LogP) is 5.90. The smallest absolute Gasteiger partial charge is 0.326 e. The molecule has 2 aliphatic rings. The Balaban J connectivity index is 1.36. The predicted molar refractivity (Wildman–Crippen MR) is 138 cm³/mol. The van der Waals surface area contributed by atoms with Crippen molar-refractivity contribution in [3.63, 3.8) is 0 Å². The van der Waals surface area contributed by atoms with Crippen LogP contribution >= 0.6 is 0 Å². The number of nitrogens with zero attached hydrogens (tertiary/aromatic N) is 2. The summed E-state index contributed by atoms with van der Waals surface area (Å²) >= 11 is 0. The van der Waals surface area contributed by atoms with Crippen LogP contribution in [0.15, 0.2) is 66.7 Å². The summed E-state index contributed by atoms with van der Waals surface area (Å²) in [6.45, 7) is 8.03. The number of ether oxygens (including phenoxy) is 1. The lowest BCUT2D eigenvalue weighted by Gasteiger charge is -2.40. The first-order chi connectivity index (χ1) is 16.5. The van der Waals surface area contributed by atoms with E-state index in [2.05, 4.69) is 48.3 Å². The van der Waals surface area contributed by atoms with Gasteiger partial charge in [0.25, 0.3) is 0 Å². The summed E-state index contributed by atoms with van der Waals surface area (Å²) in [4.78, 5) is 17.8. The largest absolute Gasteiger partial charge is 0.497 e. The Hall–Kier alpha value is -3.31. The van der Waals surface area contributed by atoms with Gasteiger partial charge in [0, 0.05) is 29.9 Å². The number of carbonyl (C=O) groups is 1. The number of methoxy groups -OCH3 is 1. The number of nitrogens with one attached hydrogen (secondary N) is 1. The van der Waals surface area contributed by atoms with E-state index >= 15 is 0 Å². The molecule has 0 unspecified atom stereocenters. The molecule has 5 heteroatoms. The van der Waals surface area contributed by atoms with Crippen LogP contribution in [0.5, 0.6) is 5.75 Å². The second-order valence-electron chi connectivity index (χ2n) is 9.82. The summed E-state index contributed by atoms with van der Waals surface area (Å²) in [6, 6.07) is 22.5. The minimum Gasteiger partial charge on any atom is -0.497 e. The summed E-state index contributed by atoms with van der Waals surface area (Å²) in [5.74, 6) is 0.848. The van der Waals surface area contributed by atoms with Crippen molar-refractivity contribution in [3.8, 4) is 5.75 Å². The molecule has 2 heterocycles. The van der Waals surface area contributed by atoms with Crippen LogP contribution in [-0.2, 0) is 12.0 Å². The van der Waals surface area contributed by atoms with Gasteiger partial charge >= 0.3 is 6.03 Å². The highest BCUT2D eigenvalue weighted by atomic mass is 16.5. The first-order valence-corrected chi connectivity index (χ1v) is 12.1. The summed E-state index contributed by atoms with van der Waals surface area (Å²) < 4.78 is 5.56. The van der Waals surface area contributed by atoms with Gasteiger partial charge in [-0.25, -0.2) is 4.79 Å². The van der Waals surface area contributed by atoms with Crippen molar-refractivity contribution in [2.24, 2.45) is 0 Å². The maximum absolute atomic E-state index is 13.3. The van der Waals surface area contributed by atoms with Gasteiger partial charge in [-0.3, -0.25) is 9.80 Å². The van der Waals surface area contributed by atoms with E-state index in [0.29, 0.717) is 6.54 Å². The zero-order valence-electron chi connectivity index (χ0n) is 20.3. The van der Waals surface area contributed by atoms with Gasteiger partial charge in [0.05, 0.1) is 7.11 Å². The maximum atomic E-state index is 13.3. The summed E-state index contributed by atoms with van der Waals surface area (Å²) in [5, 5.41) is 3.07. The lowest BCUT2D eigenvalue weighted by atomic mass is 9.74. The van der Waals surface area contributed by atoms with Crippen LogP contribution in [-0.4, -0.2) is 37.7 Å². The number of benzene rings is 3. The molecule has 176 valence electrons. The Bertz CT molecular complexity index is 1160. The number of fused-ring (bicyclic) bond motifs is 2. The highest BCUT2D eigenvalue weighted by molar-refractivity contribution is 6.03. The van der Waals surface area contributed by atoms with Crippen LogP contribution in [0.4, 0.5) is 16.2 Å². The fourth-order valence-electron chi connectivity index (χ4n) is 5.65. The van der Waals surface area contributed by atoms with Gasteiger partial charge in [-0.15, -0.1) is 0 Å². The normalized spacial score (nSPS) is 17.0. The van der Waals surface area contributed by atoms with Crippen molar-refractivity contribution >= 4 is 17.4 Å². The van der Waals surface area contributed by atoms with Crippen molar-refractivity contribution in [1.29, 1.82) is 0 Å². The molecule has 0 atom stereocenters. The number of piperidine rings is 1. The van der Waals surface area contributed by atoms with E-state index in [1.807, 2.05) is 47.4 Å². The van der Waals surface area contributed by atoms with Crippen molar-refractivity contribution in [1.82, 2.24) is 4.90 Å². The average Bonchev–Trinajstić information content (AvgIpc) is 3.14. The van der Waals surface area contributed by atoms with Gasteiger partial charge < -0.3 is 10.1 Å². The van der Waals surface area contributed by atoms with E-state index < -0.39 is 0 Å². The Labute approximate surface area is 202 Å². The number of hydrogen-bond acceptors (Lipinski definition) is 3. The number of aryl methyl sites for hydroxylation is 2. The summed E-state index contributed by atoms with van der Waals surface area (Å²) in [5.41, 5.74) is 7.02. The van der Waals surface area contributed by atoms with Gasteiger partial charge in [0.2, 0.25) is 0 Å². The number of amides is 2. The minimum atomic E-state index is -0.0767. The van der Waals surface area contributed by atoms with Gasteiger partial charge in [0.15, 0.2) is 0 Å². The van der Waals surface area contributed by atoms with Crippen molar-refractivity contribution in [2.45, 2.75) is 38.6 Å². The lowest BCUT2D eigenvalue weighted by Crippen LogP contribution is -2.46. The van der Waals surface area contributed by atoms with E-state index in [9.17, 15) is 4.79 Å². The van der Waals surface area contributed by atoms with Gasteiger partial charge in [-0.1, -0.05) is 47.5 Å². The molecule has 0 bridgehead atoms. The molecule has 5 nitrogen and oxygen atoms in total. The third-order valence-corrected chi connectivity index (χ3v) is 7.30. The molecule has 3 aromatic rings. The summed E-state index contributed by atoms with van der Waals surface area (Å²) in [7, 11) is 1.70. The van der Waals surface area contributed by atoms with E-state index in [4.69, 9.17) is 4.74 Å².